The Labute approximate surface area is 163 Å². The van der Waals surface area contributed by atoms with Crippen molar-refractivity contribution in [1.82, 2.24) is 15.1 Å². The number of carbonyl (C=O) groups is 2. The van der Waals surface area contributed by atoms with Gasteiger partial charge in [-0.05, 0) is 50.0 Å². The molecule has 3 amide bonds. The topological polar surface area (TPSA) is 52.7 Å². The van der Waals surface area contributed by atoms with Gasteiger partial charge in [0.25, 0.3) is 0 Å². The van der Waals surface area contributed by atoms with Gasteiger partial charge in [0.05, 0.1) is 0 Å². The van der Waals surface area contributed by atoms with Crippen molar-refractivity contribution in [2.24, 2.45) is 5.41 Å². The molecule has 2 saturated heterocycles. The third-order valence-corrected chi connectivity index (χ3v) is 6.35. The van der Waals surface area contributed by atoms with Crippen molar-refractivity contribution in [2.75, 3.05) is 26.2 Å². The van der Waals surface area contributed by atoms with Gasteiger partial charge < -0.3 is 15.1 Å². The molecule has 0 aromatic heterocycles. The first-order valence-electron chi connectivity index (χ1n) is 10.4. The fourth-order valence-electron chi connectivity index (χ4n) is 4.21. The number of likely N-dealkylation sites (tertiary alicyclic amines) is 2. The lowest BCUT2D eigenvalue weighted by Crippen LogP contribution is -2.54. The molecule has 2 aliphatic heterocycles. The van der Waals surface area contributed by atoms with Crippen molar-refractivity contribution in [3.8, 4) is 0 Å². The molecule has 1 aromatic rings. The lowest BCUT2D eigenvalue weighted by atomic mass is 9.72. The Morgan fingerprint density at radius 1 is 1.19 bits per heavy atom. The summed E-state index contributed by atoms with van der Waals surface area (Å²) in [7, 11) is 0. The normalized spacial score (nSPS) is 20.6. The third kappa shape index (κ3) is 5.02. The van der Waals surface area contributed by atoms with Gasteiger partial charge in [0.15, 0.2) is 0 Å². The zero-order valence-electron chi connectivity index (χ0n) is 16.7. The Morgan fingerprint density at radius 2 is 1.89 bits per heavy atom. The first-order valence-corrected chi connectivity index (χ1v) is 10.4. The Balaban J connectivity index is 1.53. The van der Waals surface area contributed by atoms with Crippen LogP contribution in [0, 0.1) is 5.41 Å². The molecule has 27 heavy (non-hydrogen) atoms. The van der Waals surface area contributed by atoms with Crippen LogP contribution in [0.3, 0.4) is 0 Å². The maximum Gasteiger partial charge on any atom is 0.317 e. The van der Waals surface area contributed by atoms with Crippen LogP contribution in [0.25, 0.3) is 0 Å². The van der Waals surface area contributed by atoms with E-state index in [2.05, 4.69) is 41.4 Å². The SMILES string of the molecule is CC[C@@H](C)NC(=O)N1CCC2(CCC(=O)N(CCc3ccccc3)C2)CC1. The summed E-state index contributed by atoms with van der Waals surface area (Å²) < 4.78 is 0. The maximum absolute atomic E-state index is 12.4. The summed E-state index contributed by atoms with van der Waals surface area (Å²) in [5.41, 5.74) is 1.47. The first kappa shape index (κ1) is 19.7. The van der Waals surface area contributed by atoms with Crippen LogP contribution in [-0.4, -0.2) is 54.0 Å². The standard InChI is InChI=1S/C22H33N3O2/c1-3-18(2)23-21(27)24-15-12-22(13-16-24)11-9-20(26)25(17-22)14-10-19-7-5-4-6-8-19/h4-8,18H,3,9-17H2,1-2H3,(H,23,27)/t18-/m1/s1. The van der Waals surface area contributed by atoms with Gasteiger partial charge in [-0.15, -0.1) is 0 Å². The van der Waals surface area contributed by atoms with Crippen LogP contribution in [0.2, 0.25) is 0 Å². The molecule has 1 aromatic carbocycles. The van der Waals surface area contributed by atoms with E-state index in [1.165, 1.54) is 5.56 Å². The molecule has 1 N–H and O–H groups in total. The number of nitrogens with zero attached hydrogens (tertiary/aromatic N) is 2. The molecule has 2 fully saturated rings. The number of nitrogens with one attached hydrogen (secondary N) is 1. The predicted molar refractivity (Wildman–Crippen MR) is 107 cm³/mol. The quantitative estimate of drug-likeness (QED) is 0.862. The summed E-state index contributed by atoms with van der Waals surface area (Å²) >= 11 is 0. The van der Waals surface area contributed by atoms with E-state index in [-0.39, 0.29) is 23.4 Å². The van der Waals surface area contributed by atoms with Gasteiger partial charge in [-0.3, -0.25) is 4.79 Å². The number of urea groups is 1. The number of hydrogen-bond acceptors (Lipinski definition) is 2. The van der Waals surface area contributed by atoms with E-state index >= 15 is 0 Å². The highest BCUT2D eigenvalue weighted by molar-refractivity contribution is 5.77. The minimum Gasteiger partial charge on any atom is -0.342 e. The second-order valence-electron chi connectivity index (χ2n) is 8.30. The van der Waals surface area contributed by atoms with E-state index in [1.54, 1.807) is 0 Å². The first-order chi connectivity index (χ1) is 13.0. The molecule has 0 radical (unpaired) electrons. The minimum absolute atomic E-state index is 0.0621. The van der Waals surface area contributed by atoms with Crippen LogP contribution in [0.1, 0.15) is 51.5 Å². The molecular formula is C22H33N3O2. The third-order valence-electron chi connectivity index (χ3n) is 6.35. The highest BCUT2D eigenvalue weighted by atomic mass is 16.2. The van der Waals surface area contributed by atoms with Gasteiger partial charge >= 0.3 is 6.03 Å². The van der Waals surface area contributed by atoms with Crippen LogP contribution in [0.4, 0.5) is 4.79 Å². The van der Waals surface area contributed by atoms with Gasteiger partial charge in [-0.25, -0.2) is 4.79 Å². The fraction of sp³-hybridized carbons (Fsp3) is 0.636. The molecule has 5 heteroatoms. The lowest BCUT2D eigenvalue weighted by Gasteiger charge is -2.47. The summed E-state index contributed by atoms with van der Waals surface area (Å²) in [5, 5.41) is 3.07. The van der Waals surface area contributed by atoms with Gasteiger partial charge in [0.1, 0.15) is 0 Å². The smallest absolute Gasteiger partial charge is 0.317 e. The van der Waals surface area contributed by atoms with Crippen molar-refractivity contribution in [1.29, 1.82) is 0 Å². The maximum atomic E-state index is 12.4. The zero-order valence-corrected chi connectivity index (χ0v) is 16.7. The number of amides is 3. The fourth-order valence-corrected chi connectivity index (χ4v) is 4.21. The Hall–Kier alpha value is -2.04. The lowest BCUT2D eigenvalue weighted by molar-refractivity contribution is -0.138. The van der Waals surface area contributed by atoms with Crippen molar-refractivity contribution in [2.45, 2.75) is 58.4 Å². The Morgan fingerprint density at radius 3 is 2.56 bits per heavy atom. The van der Waals surface area contributed by atoms with E-state index in [0.717, 1.165) is 58.3 Å². The number of hydrogen-bond donors (Lipinski definition) is 1. The van der Waals surface area contributed by atoms with Crippen LogP contribution in [0.15, 0.2) is 30.3 Å². The van der Waals surface area contributed by atoms with Gasteiger partial charge in [-0.2, -0.15) is 0 Å². The molecule has 2 aliphatic rings. The van der Waals surface area contributed by atoms with Crippen molar-refractivity contribution < 1.29 is 9.59 Å². The second-order valence-corrected chi connectivity index (χ2v) is 8.30. The van der Waals surface area contributed by atoms with Gasteiger partial charge in [0.2, 0.25) is 5.91 Å². The molecule has 0 aliphatic carbocycles. The summed E-state index contributed by atoms with van der Waals surface area (Å²) in [6.45, 7) is 7.36. The monoisotopic (exact) mass is 371 g/mol. The summed E-state index contributed by atoms with van der Waals surface area (Å²) in [6.07, 6.45) is 5.46. The summed E-state index contributed by atoms with van der Waals surface area (Å²) in [4.78, 5) is 28.8. The summed E-state index contributed by atoms with van der Waals surface area (Å²) in [5.74, 6) is 0.286. The molecule has 0 unspecified atom stereocenters. The molecule has 0 bridgehead atoms. The average molecular weight is 372 g/mol. The molecular weight excluding hydrogens is 338 g/mol. The molecule has 148 valence electrons. The Bertz CT molecular complexity index is 638. The number of piperidine rings is 2. The molecule has 5 nitrogen and oxygen atoms in total. The average Bonchev–Trinajstić information content (AvgIpc) is 2.70. The van der Waals surface area contributed by atoms with Gasteiger partial charge in [-0.1, -0.05) is 37.3 Å². The largest absolute Gasteiger partial charge is 0.342 e. The van der Waals surface area contributed by atoms with Crippen LogP contribution in [0.5, 0.6) is 0 Å². The Kier molecular flexibility index (Phi) is 6.40. The van der Waals surface area contributed by atoms with E-state index in [4.69, 9.17) is 0 Å². The second kappa shape index (κ2) is 8.77. The van der Waals surface area contributed by atoms with E-state index < -0.39 is 0 Å². The number of carbonyl (C=O) groups excluding carboxylic acids is 2. The van der Waals surface area contributed by atoms with Crippen molar-refractivity contribution >= 4 is 11.9 Å². The molecule has 1 spiro atoms. The predicted octanol–water partition coefficient (Wildman–Crippen LogP) is 3.44. The molecule has 0 saturated carbocycles. The van der Waals surface area contributed by atoms with E-state index in [0.29, 0.717) is 6.42 Å². The number of benzene rings is 1. The van der Waals surface area contributed by atoms with Crippen molar-refractivity contribution in [3.05, 3.63) is 35.9 Å². The highest BCUT2D eigenvalue weighted by Gasteiger charge is 2.41. The van der Waals surface area contributed by atoms with E-state index in [9.17, 15) is 9.59 Å². The minimum atomic E-state index is 0.0621. The highest BCUT2D eigenvalue weighted by Crippen LogP contribution is 2.40. The van der Waals surface area contributed by atoms with Crippen LogP contribution in [-0.2, 0) is 11.2 Å². The zero-order chi connectivity index (χ0) is 19.3. The van der Waals surface area contributed by atoms with Crippen molar-refractivity contribution in [3.63, 3.8) is 0 Å². The molecule has 1 atom stereocenters. The number of rotatable bonds is 5. The van der Waals surface area contributed by atoms with Crippen LogP contribution >= 0.6 is 0 Å². The molecule has 3 rings (SSSR count). The van der Waals surface area contributed by atoms with E-state index in [1.807, 2.05) is 17.9 Å². The molecule has 2 heterocycles. The van der Waals surface area contributed by atoms with Crippen LogP contribution < -0.4 is 5.32 Å². The summed E-state index contributed by atoms with van der Waals surface area (Å²) in [6, 6.07) is 10.7. The van der Waals surface area contributed by atoms with Gasteiger partial charge in [0, 0.05) is 38.6 Å².